The molecule has 1 aromatic carbocycles. The second-order valence-corrected chi connectivity index (χ2v) is 6.57. The zero-order valence-electron chi connectivity index (χ0n) is 12.1. The van der Waals surface area contributed by atoms with Gasteiger partial charge in [-0.15, -0.1) is 0 Å². The Morgan fingerprint density at radius 1 is 1.21 bits per heavy atom. The minimum atomic E-state index is -0.717. The minimum absolute atomic E-state index is 0.244. The zero-order chi connectivity index (χ0) is 14.3. The van der Waals surface area contributed by atoms with E-state index in [0.29, 0.717) is 11.7 Å². The topological polar surface area (TPSA) is 37.3 Å². The molecule has 0 spiro atoms. The molecule has 0 amide bonds. The highest BCUT2D eigenvalue weighted by Gasteiger charge is 2.07. The third kappa shape index (κ3) is 6.67. The van der Waals surface area contributed by atoms with Crippen molar-refractivity contribution in [2.75, 3.05) is 5.75 Å². The summed E-state index contributed by atoms with van der Waals surface area (Å²) in [4.78, 5) is 10.4. The molecule has 3 heteroatoms. The Balaban J connectivity index is 2.41. The maximum Gasteiger partial charge on any atom is 0.304 e. The molecule has 106 valence electrons. The Morgan fingerprint density at radius 2 is 1.84 bits per heavy atom. The summed E-state index contributed by atoms with van der Waals surface area (Å²) in [5.74, 6) is 2.19. The Labute approximate surface area is 120 Å². The van der Waals surface area contributed by atoms with E-state index in [-0.39, 0.29) is 6.42 Å². The quantitative estimate of drug-likeness (QED) is 0.710. The van der Waals surface area contributed by atoms with Gasteiger partial charge in [0.25, 0.3) is 0 Å². The van der Waals surface area contributed by atoms with E-state index < -0.39 is 5.97 Å². The molecular formula is C16H24O2S. The summed E-state index contributed by atoms with van der Waals surface area (Å²) in [6.07, 6.45) is 1.46. The summed E-state index contributed by atoms with van der Waals surface area (Å²) in [7, 11) is 0. The fourth-order valence-electron chi connectivity index (χ4n) is 2.14. The SMILES string of the molecule is CC(C)CC(C)c1ccc(CSCCC(=O)O)cc1. The number of rotatable bonds is 8. The van der Waals surface area contributed by atoms with Gasteiger partial charge in [0, 0.05) is 11.5 Å². The second-order valence-electron chi connectivity index (χ2n) is 5.47. The first-order chi connectivity index (χ1) is 8.99. The first kappa shape index (κ1) is 16.1. The van der Waals surface area contributed by atoms with E-state index in [4.69, 9.17) is 5.11 Å². The predicted molar refractivity (Wildman–Crippen MR) is 82.7 cm³/mol. The van der Waals surface area contributed by atoms with Gasteiger partial charge >= 0.3 is 5.97 Å². The van der Waals surface area contributed by atoms with E-state index in [2.05, 4.69) is 45.0 Å². The van der Waals surface area contributed by atoms with Crippen molar-refractivity contribution in [1.82, 2.24) is 0 Å². The number of thioether (sulfide) groups is 1. The molecule has 0 bridgehead atoms. The van der Waals surface area contributed by atoms with Crippen LogP contribution in [0.15, 0.2) is 24.3 Å². The second kappa shape index (κ2) is 8.26. The van der Waals surface area contributed by atoms with Crippen molar-refractivity contribution in [2.45, 2.75) is 45.3 Å². The third-order valence-electron chi connectivity index (χ3n) is 3.10. The lowest BCUT2D eigenvalue weighted by Gasteiger charge is -2.14. The van der Waals surface area contributed by atoms with Gasteiger partial charge in [0.1, 0.15) is 0 Å². The van der Waals surface area contributed by atoms with E-state index in [9.17, 15) is 4.79 Å². The van der Waals surface area contributed by atoms with Crippen LogP contribution in [0.1, 0.15) is 50.7 Å². The molecule has 1 atom stereocenters. The first-order valence-corrected chi connectivity index (χ1v) is 8.03. The molecule has 0 aliphatic rings. The number of benzene rings is 1. The Kier molecular flexibility index (Phi) is 7.00. The number of carbonyl (C=O) groups is 1. The van der Waals surface area contributed by atoms with Crippen LogP contribution in [0.4, 0.5) is 0 Å². The average molecular weight is 280 g/mol. The van der Waals surface area contributed by atoms with Crippen LogP contribution < -0.4 is 0 Å². The maximum absolute atomic E-state index is 10.4. The number of hydrogen-bond donors (Lipinski definition) is 1. The number of carboxylic acid groups (broad SMARTS) is 1. The van der Waals surface area contributed by atoms with E-state index in [1.807, 2.05) is 0 Å². The number of carboxylic acids is 1. The van der Waals surface area contributed by atoms with Gasteiger partial charge < -0.3 is 5.11 Å². The van der Waals surface area contributed by atoms with Crippen molar-refractivity contribution in [3.05, 3.63) is 35.4 Å². The molecule has 1 aromatic rings. The van der Waals surface area contributed by atoms with E-state index in [1.54, 1.807) is 11.8 Å². The van der Waals surface area contributed by atoms with Gasteiger partial charge in [-0.25, -0.2) is 0 Å². The van der Waals surface area contributed by atoms with Gasteiger partial charge in [0.2, 0.25) is 0 Å². The molecule has 0 aliphatic carbocycles. The summed E-state index contributed by atoms with van der Waals surface area (Å²) >= 11 is 1.68. The lowest BCUT2D eigenvalue weighted by atomic mass is 9.92. The van der Waals surface area contributed by atoms with Crippen molar-refractivity contribution in [1.29, 1.82) is 0 Å². The standard InChI is InChI=1S/C16H24O2S/c1-12(2)10-13(3)15-6-4-14(5-7-15)11-19-9-8-16(17)18/h4-7,12-13H,8-11H2,1-3H3,(H,17,18). The highest BCUT2D eigenvalue weighted by molar-refractivity contribution is 7.98. The first-order valence-electron chi connectivity index (χ1n) is 6.87. The average Bonchev–Trinajstić information content (AvgIpc) is 2.34. The van der Waals surface area contributed by atoms with Crippen molar-refractivity contribution in [2.24, 2.45) is 5.92 Å². The van der Waals surface area contributed by atoms with E-state index >= 15 is 0 Å². The highest BCUT2D eigenvalue weighted by atomic mass is 32.2. The summed E-state index contributed by atoms with van der Waals surface area (Å²) in [5, 5.41) is 8.57. The van der Waals surface area contributed by atoms with E-state index in [1.165, 1.54) is 17.5 Å². The van der Waals surface area contributed by atoms with Gasteiger partial charge in [-0.2, -0.15) is 11.8 Å². The van der Waals surface area contributed by atoms with Crippen LogP contribution in [-0.4, -0.2) is 16.8 Å². The van der Waals surface area contributed by atoms with E-state index in [0.717, 1.165) is 11.7 Å². The predicted octanol–water partition coefficient (Wildman–Crippen LogP) is 4.54. The molecule has 1 N–H and O–H groups in total. The molecule has 2 nitrogen and oxygen atoms in total. The molecular weight excluding hydrogens is 256 g/mol. The lowest BCUT2D eigenvalue weighted by molar-refractivity contribution is -0.136. The summed E-state index contributed by atoms with van der Waals surface area (Å²) in [6, 6.07) is 8.75. The lowest BCUT2D eigenvalue weighted by Crippen LogP contribution is -1.99. The summed E-state index contributed by atoms with van der Waals surface area (Å²) < 4.78 is 0. The molecule has 1 rings (SSSR count). The number of hydrogen-bond acceptors (Lipinski definition) is 2. The van der Waals surface area contributed by atoms with Crippen molar-refractivity contribution in [3.63, 3.8) is 0 Å². The zero-order valence-corrected chi connectivity index (χ0v) is 12.9. The van der Waals surface area contributed by atoms with Crippen LogP contribution in [0.5, 0.6) is 0 Å². The smallest absolute Gasteiger partial charge is 0.304 e. The van der Waals surface area contributed by atoms with Gasteiger partial charge in [-0.3, -0.25) is 4.79 Å². The molecule has 19 heavy (non-hydrogen) atoms. The molecule has 0 saturated heterocycles. The molecule has 0 fully saturated rings. The third-order valence-corrected chi connectivity index (χ3v) is 4.13. The van der Waals surface area contributed by atoms with Crippen molar-refractivity contribution < 1.29 is 9.90 Å². The monoisotopic (exact) mass is 280 g/mol. The Morgan fingerprint density at radius 3 is 2.37 bits per heavy atom. The molecule has 0 aromatic heterocycles. The highest BCUT2D eigenvalue weighted by Crippen LogP contribution is 2.24. The molecule has 0 heterocycles. The molecule has 0 radical (unpaired) electrons. The van der Waals surface area contributed by atoms with Crippen LogP contribution in [0.25, 0.3) is 0 Å². The van der Waals surface area contributed by atoms with Gasteiger partial charge in [-0.05, 0) is 29.4 Å². The Bertz CT molecular complexity index is 384. The van der Waals surface area contributed by atoms with Crippen LogP contribution in [0.2, 0.25) is 0 Å². The Hall–Kier alpha value is -0.960. The van der Waals surface area contributed by atoms with Crippen LogP contribution in [0.3, 0.4) is 0 Å². The molecule has 1 unspecified atom stereocenters. The minimum Gasteiger partial charge on any atom is -0.481 e. The maximum atomic E-state index is 10.4. The molecule has 0 aliphatic heterocycles. The van der Waals surface area contributed by atoms with Gasteiger partial charge in [-0.1, -0.05) is 45.0 Å². The van der Waals surface area contributed by atoms with Gasteiger partial charge in [0.15, 0.2) is 0 Å². The largest absolute Gasteiger partial charge is 0.481 e. The van der Waals surface area contributed by atoms with Crippen LogP contribution in [0, 0.1) is 5.92 Å². The van der Waals surface area contributed by atoms with Crippen LogP contribution in [-0.2, 0) is 10.5 Å². The summed E-state index contributed by atoms with van der Waals surface area (Å²) in [5.41, 5.74) is 2.67. The van der Waals surface area contributed by atoms with Crippen LogP contribution >= 0.6 is 11.8 Å². The number of aliphatic carboxylic acids is 1. The fraction of sp³-hybridized carbons (Fsp3) is 0.562. The van der Waals surface area contributed by atoms with Crippen molar-refractivity contribution in [3.8, 4) is 0 Å². The fourth-order valence-corrected chi connectivity index (χ4v) is 3.03. The van der Waals surface area contributed by atoms with Crippen molar-refractivity contribution >= 4 is 17.7 Å². The normalized spacial score (nSPS) is 12.6. The summed E-state index contributed by atoms with van der Waals surface area (Å²) in [6.45, 7) is 6.78. The van der Waals surface area contributed by atoms with Gasteiger partial charge in [0.05, 0.1) is 6.42 Å². The molecule has 0 saturated carbocycles.